The maximum absolute atomic E-state index is 13.6. The molecule has 1 amide bonds. The smallest absolute Gasteiger partial charge is 0.254 e. The first kappa shape index (κ1) is 25.6. The number of hydrogen-bond donors (Lipinski definition) is 4. The average Bonchev–Trinajstić information content (AvgIpc) is 3.61. The third kappa shape index (κ3) is 5.28. The number of nitrogens with one attached hydrogen (secondary N) is 4. The molecule has 0 spiro atoms. The fourth-order valence-electron chi connectivity index (χ4n) is 4.53. The van der Waals surface area contributed by atoms with Gasteiger partial charge >= 0.3 is 0 Å². The summed E-state index contributed by atoms with van der Waals surface area (Å²) in [5, 5.41) is 13.3. The van der Waals surface area contributed by atoms with Gasteiger partial charge in [0.1, 0.15) is 11.2 Å². The Balaban J connectivity index is 1.36. The van der Waals surface area contributed by atoms with E-state index < -0.39 is 11.6 Å². The molecule has 0 radical (unpaired) electrons. The predicted molar refractivity (Wildman–Crippen MR) is 156 cm³/mol. The van der Waals surface area contributed by atoms with Crippen LogP contribution >= 0.6 is 23.2 Å². The van der Waals surface area contributed by atoms with Gasteiger partial charge in [0.25, 0.3) is 5.56 Å². The first-order valence-corrected chi connectivity index (χ1v) is 13.0. The van der Waals surface area contributed by atoms with Crippen LogP contribution in [0.15, 0.2) is 101 Å². The van der Waals surface area contributed by atoms with Crippen LogP contribution in [0.3, 0.4) is 0 Å². The summed E-state index contributed by atoms with van der Waals surface area (Å²) in [6.45, 7) is 0. The Morgan fingerprint density at radius 1 is 1.02 bits per heavy atom. The molecule has 0 unspecified atom stereocenters. The molecule has 10 nitrogen and oxygen atoms in total. The number of aromatic nitrogens is 4. The summed E-state index contributed by atoms with van der Waals surface area (Å²) in [6, 6.07) is 20.7. The largest absolute Gasteiger partial charge is 0.324 e. The fourth-order valence-corrected chi connectivity index (χ4v) is 4.84. The second-order valence-electron chi connectivity index (χ2n) is 9.13. The number of amides is 1. The maximum Gasteiger partial charge on any atom is 0.254 e. The number of fused-ring (bicyclic) bond motifs is 1. The van der Waals surface area contributed by atoms with Crippen molar-refractivity contribution in [1.82, 2.24) is 30.7 Å². The highest BCUT2D eigenvalue weighted by Crippen LogP contribution is 2.32. The Morgan fingerprint density at radius 2 is 1.88 bits per heavy atom. The summed E-state index contributed by atoms with van der Waals surface area (Å²) in [6.07, 6.45) is 5.04. The molecule has 1 aliphatic heterocycles. The third-order valence-electron chi connectivity index (χ3n) is 6.49. The first-order valence-electron chi connectivity index (χ1n) is 12.3. The molecule has 0 saturated heterocycles. The zero-order valence-corrected chi connectivity index (χ0v) is 22.3. The molecule has 5 aromatic rings. The molecule has 0 aliphatic carbocycles. The van der Waals surface area contributed by atoms with E-state index in [-0.39, 0.29) is 12.3 Å². The average molecular weight is 573 g/mol. The van der Waals surface area contributed by atoms with Gasteiger partial charge in [-0.15, -0.1) is 5.53 Å². The molecule has 0 saturated carbocycles. The van der Waals surface area contributed by atoms with Crippen molar-refractivity contribution in [2.24, 2.45) is 0 Å². The minimum Gasteiger partial charge on any atom is -0.324 e. The number of anilines is 2. The van der Waals surface area contributed by atoms with Gasteiger partial charge in [0.2, 0.25) is 5.91 Å². The van der Waals surface area contributed by atoms with Gasteiger partial charge in [0, 0.05) is 34.1 Å². The van der Waals surface area contributed by atoms with Gasteiger partial charge in [-0.1, -0.05) is 53.5 Å². The Bertz CT molecular complexity index is 1800. The van der Waals surface area contributed by atoms with Gasteiger partial charge in [-0.2, -0.15) is 5.10 Å². The summed E-state index contributed by atoms with van der Waals surface area (Å²) in [5.74, 6) is -0.352. The maximum atomic E-state index is 13.6. The molecule has 3 heterocycles. The number of H-pyrrole nitrogens is 1. The van der Waals surface area contributed by atoms with Crippen LogP contribution in [-0.2, 0) is 11.2 Å². The zero-order chi connectivity index (χ0) is 27.6. The van der Waals surface area contributed by atoms with Crippen molar-refractivity contribution in [2.45, 2.75) is 12.5 Å². The standard InChI is InChI=1S/C28H22Cl2N8O2/c29-19-7-9-24(38-15-26(30)35-36-38)21(11-19)23-13-27(39)37(16-31-23)25(10-17-4-2-1-3-5-17)28(40)33-20-8-6-18-14-32-34-22(18)12-20/h1-9,11-16,25,35-36H,10H2,(H,32,34)(H,33,40)/t25-/m0/s1. The molecule has 1 aliphatic rings. The highest BCUT2D eigenvalue weighted by molar-refractivity contribution is 6.31. The summed E-state index contributed by atoms with van der Waals surface area (Å²) in [5.41, 5.74) is 9.25. The molecular formula is C28H22Cl2N8O2. The Labute approximate surface area is 238 Å². The van der Waals surface area contributed by atoms with E-state index in [1.54, 1.807) is 47.7 Å². The minimum absolute atomic E-state index is 0.287. The zero-order valence-electron chi connectivity index (χ0n) is 20.8. The predicted octanol–water partition coefficient (Wildman–Crippen LogP) is 4.73. The van der Waals surface area contributed by atoms with Crippen LogP contribution < -0.4 is 26.8 Å². The number of aromatic amines is 1. The van der Waals surface area contributed by atoms with E-state index in [4.69, 9.17) is 23.2 Å². The normalized spacial score (nSPS) is 13.7. The number of carbonyl (C=O) groups is 1. The number of hydrazine groups is 2. The Kier molecular flexibility index (Phi) is 6.95. The SMILES string of the molecule is O=C(Nc1ccc2cn[nH]c2c1)[C@H](Cc1ccccc1)n1cnc(-c2cc(Cl)ccc2N2C=C(Cl)NN2)cc1=O. The Morgan fingerprint density at radius 3 is 2.65 bits per heavy atom. The third-order valence-corrected chi connectivity index (χ3v) is 6.92. The molecular weight excluding hydrogens is 551 g/mol. The number of hydrogen-bond acceptors (Lipinski definition) is 7. The van der Waals surface area contributed by atoms with Gasteiger partial charge in [-0.05, 0) is 42.0 Å². The van der Waals surface area contributed by atoms with Crippen molar-refractivity contribution >= 4 is 51.4 Å². The first-order chi connectivity index (χ1) is 19.4. The van der Waals surface area contributed by atoms with Crippen molar-refractivity contribution in [3.05, 3.63) is 118 Å². The van der Waals surface area contributed by atoms with E-state index in [9.17, 15) is 9.59 Å². The lowest BCUT2D eigenvalue weighted by Crippen LogP contribution is -2.36. The summed E-state index contributed by atoms with van der Waals surface area (Å²) in [7, 11) is 0. The van der Waals surface area contributed by atoms with E-state index in [1.807, 2.05) is 36.4 Å². The van der Waals surface area contributed by atoms with Crippen LogP contribution in [0, 0.1) is 0 Å². The lowest BCUT2D eigenvalue weighted by atomic mass is 10.0. The lowest BCUT2D eigenvalue weighted by molar-refractivity contribution is -0.119. The number of nitrogens with zero attached hydrogens (tertiary/aromatic N) is 4. The van der Waals surface area contributed by atoms with Crippen molar-refractivity contribution in [1.29, 1.82) is 0 Å². The van der Waals surface area contributed by atoms with Crippen LogP contribution in [0.5, 0.6) is 0 Å². The second-order valence-corrected chi connectivity index (χ2v) is 9.98. The van der Waals surface area contributed by atoms with Crippen molar-refractivity contribution in [3.63, 3.8) is 0 Å². The molecule has 1 atom stereocenters. The second kappa shape index (κ2) is 10.9. The van der Waals surface area contributed by atoms with Crippen LogP contribution in [0.1, 0.15) is 11.6 Å². The fraction of sp³-hybridized carbons (Fsp3) is 0.0714. The molecule has 200 valence electrons. The molecule has 2 aromatic heterocycles. The lowest BCUT2D eigenvalue weighted by Gasteiger charge is -2.21. The topological polar surface area (TPSA) is 120 Å². The number of carbonyl (C=O) groups excluding carboxylic acids is 1. The van der Waals surface area contributed by atoms with Crippen molar-refractivity contribution in [3.8, 4) is 11.3 Å². The number of benzene rings is 3. The number of halogens is 2. The summed E-state index contributed by atoms with van der Waals surface area (Å²) >= 11 is 12.3. The molecule has 12 heteroatoms. The highest BCUT2D eigenvalue weighted by Gasteiger charge is 2.24. The Hall–Kier alpha value is -4.64. The van der Waals surface area contributed by atoms with E-state index in [1.165, 1.54) is 17.0 Å². The van der Waals surface area contributed by atoms with E-state index >= 15 is 0 Å². The number of rotatable bonds is 7. The summed E-state index contributed by atoms with van der Waals surface area (Å²) in [4.78, 5) is 31.7. The molecule has 6 rings (SSSR count). The summed E-state index contributed by atoms with van der Waals surface area (Å²) < 4.78 is 1.34. The van der Waals surface area contributed by atoms with Gasteiger partial charge in [0.15, 0.2) is 0 Å². The van der Waals surface area contributed by atoms with Crippen LogP contribution in [0.4, 0.5) is 11.4 Å². The molecule has 4 N–H and O–H groups in total. The van der Waals surface area contributed by atoms with Crippen LogP contribution in [0.2, 0.25) is 5.02 Å². The van der Waals surface area contributed by atoms with E-state index in [0.717, 1.165) is 16.5 Å². The molecule has 3 aromatic carbocycles. The minimum atomic E-state index is -0.862. The monoisotopic (exact) mass is 572 g/mol. The van der Waals surface area contributed by atoms with Gasteiger partial charge < -0.3 is 5.32 Å². The van der Waals surface area contributed by atoms with Crippen LogP contribution in [0.25, 0.3) is 22.2 Å². The van der Waals surface area contributed by atoms with Crippen molar-refractivity contribution in [2.75, 3.05) is 10.3 Å². The van der Waals surface area contributed by atoms with E-state index in [2.05, 4.69) is 31.5 Å². The molecule has 40 heavy (non-hydrogen) atoms. The van der Waals surface area contributed by atoms with E-state index in [0.29, 0.717) is 32.8 Å². The molecule has 0 bridgehead atoms. The van der Waals surface area contributed by atoms with Crippen LogP contribution in [-0.4, -0.2) is 25.7 Å². The van der Waals surface area contributed by atoms with Crippen molar-refractivity contribution < 1.29 is 4.79 Å². The quantitative estimate of drug-likeness (QED) is 0.208. The van der Waals surface area contributed by atoms with Gasteiger partial charge in [-0.3, -0.25) is 29.7 Å². The molecule has 0 fully saturated rings. The van der Waals surface area contributed by atoms with Gasteiger partial charge in [0.05, 0.1) is 35.6 Å². The van der Waals surface area contributed by atoms with Gasteiger partial charge in [-0.25, -0.2) is 4.98 Å². The highest BCUT2D eigenvalue weighted by atomic mass is 35.5.